The van der Waals surface area contributed by atoms with E-state index in [9.17, 15) is 39.3 Å². The van der Waals surface area contributed by atoms with Crippen molar-refractivity contribution < 1.29 is 39.2 Å². The lowest BCUT2D eigenvalue weighted by molar-refractivity contribution is 0.0790. The van der Waals surface area contributed by atoms with Crippen LogP contribution < -0.4 is 5.56 Å². The summed E-state index contributed by atoms with van der Waals surface area (Å²) in [5, 5.41) is 34.7. The third-order valence-electron chi connectivity index (χ3n) is 9.07. The molecule has 1 heterocycles. The molecule has 3 aliphatic carbocycles. The third kappa shape index (κ3) is 4.06. The van der Waals surface area contributed by atoms with E-state index in [0.717, 1.165) is 32.4 Å². The molecule has 10 nitrogen and oxygen atoms in total. The molecule has 0 saturated carbocycles. The number of phenolic OH excluding ortho intramolecular Hbond substituents is 3. The Morgan fingerprint density at radius 3 is 2.28 bits per heavy atom. The van der Waals surface area contributed by atoms with Crippen molar-refractivity contribution in [2.75, 3.05) is 7.11 Å². The second-order valence-electron chi connectivity index (χ2n) is 11.6. The van der Waals surface area contributed by atoms with Gasteiger partial charge in [-0.15, -0.1) is 0 Å². The van der Waals surface area contributed by atoms with Gasteiger partial charge in [0.2, 0.25) is 5.78 Å². The molecule has 0 bridgehead atoms. The lowest BCUT2D eigenvalue weighted by Gasteiger charge is -2.23. The summed E-state index contributed by atoms with van der Waals surface area (Å²) in [6.07, 6.45) is 14.3. The van der Waals surface area contributed by atoms with Crippen molar-refractivity contribution in [1.82, 2.24) is 4.98 Å². The van der Waals surface area contributed by atoms with Crippen molar-refractivity contribution in [2.45, 2.75) is 51.4 Å². The van der Waals surface area contributed by atoms with Crippen molar-refractivity contribution >= 4 is 46.1 Å². The van der Waals surface area contributed by atoms with Crippen molar-refractivity contribution in [2.24, 2.45) is 0 Å². The van der Waals surface area contributed by atoms with E-state index in [1.54, 1.807) is 24.3 Å². The summed E-state index contributed by atoms with van der Waals surface area (Å²) in [4.78, 5) is 71.1. The van der Waals surface area contributed by atoms with Gasteiger partial charge in [-0.1, -0.05) is 50.1 Å². The Bertz CT molecular complexity index is 2110. The molecule has 6 rings (SSSR count). The van der Waals surface area contributed by atoms with Crippen LogP contribution in [-0.4, -0.2) is 50.5 Å². The van der Waals surface area contributed by atoms with E-state index in [1.165, 1.54) is 0 Å². The minimum Gasteiger partial charge on any atom is -0.507 e. The lowest BCUT2D eigenvalue weighted by Crippen LogP contribution is -2.36. The smallest absolute Gasteiger partial charge is 0.260 e. The number of carbonyl (C=O) groups excluding carboxylic acids is 4. The maximum atomic E-state index is 14.4. The number of aromatic amines is 1. The van der Waals surface area contributed by atoms with Gasteiger partial charge in [-0.3, -0.25) is 24.0 Å². The van der Waals surface area contributed by atoms with Gasteiger partial charge in [0.1, 0.15) is 22.7 Å². The van der Waals surface area contributed by atoms with E-state index < -0.39 is 79.4 Å². The molecule has 0 radical (unpaired) electrons. The van der Waals surface area contributed by atoms with Crippen molar-refractivity contribution in [3.05, 3.63) is 97.2 Å². The summed E-state index contributed by atoms with van der Waals surface area (Å²) in [7, 11) is 1.15. The number of unbranched alkanes of at least 4 members (excludes halogenated alkanes) is 2. The molecule has 0 saturated heterocycles. The predicted molar refractivity (Wildman–Crippen MR) is 171 cm³/mol. The summed E-state index contributed by atoms with van der Waals surface area (Å²) < 4.78 is 4.96. The molecule has 1 atom stereocenters. The van der Waals surface area contributed by atoms with Gasteiger partial charge in [0.25, 0.3) is 5.56 Å². The van der Waals surface area contributed by atoms with Gasteiger partial charge in [0.05, 0.1) is 34.7 Å². The highest BCUT2D eigenvalue weighted by molar-refractivity contribution is 6.39. The summed E-state index contributed by atoms with van der Waals surface area (Å²) in [6, 6.07) is 1.72. The van der Waals surface area contributed by atoms with Gasteiger partial charge in [-0.2, -0.15) is 0 Å². The van der Waals surface area contributed by atoms with Gasteiger partial charge < -0.3 is 25.0 Å². The van der Waals surface area contributed by atoms with E-state index in [1.807, 2.05) is 25.2 Å². The number of hydrogen-bond donors (Lipinski definition) is 4. The zero-order valence-electron chi connectivity index (χ0n) is 25.4. The Hall–Kier alpha value is -5.51. The van der Waals surface area contributed by atoms with Gasteiger partial charge in [0, 0.05) is 22.7 Å². The fourth-order valence-corrected chi connectivity index (χ4v) is 6.97. The van der Waals surface area contributed by atoms with E-state index in [4.69, 9.17) is 4.74 Å². The van der Waals surface area contributed by atoms with Crippen LogP contribution in [0.2, 0.25) is 0 Å². The number of carbonyl (C=O) groups is 4. The second-order valence-corrected chi connectivity index (χ2v) is 11.6. The molecule has 2 aromatic carbocycles. The van der Waals surface area contributed by atoms with Crippen LogP contribution in [0.4, 0.5) is 0 Å². The number of methoxy groups -OCH3 is 1. The highest BCUT2D eigenvalue weighted by Gasteiger charge is 2.62. The Balaban J connectivity index is 1.64. The second kappa shape index (κ2) is 11.1. The van der Waals surface area contributed by atoms with Crippen LogP contribution in [0.1, 0.15) is 103 Å². The normalized spacial score (nSPS) is 18.9. The van der Waals surface area contributed by atoms with Crippen LogP contribution in [0.5, 0.6) is 17.2 Å². The van der Waals surface area contributed by atoms with Crippen LogP contribution in [0.15, 0.2) is 47.0 Å². The number of hydrogen-bond acceptors (Lipinski definition) is 9. The van der Waals surface area contributed by atoms with Gasteiger partial charge in [0.15, 0.2) is 23.1 Å². The summed E-state index contributed by atoms with van der Waals surface area (Å²) in [5.74, 6) is -6.54. The fourth-order valence-electron chi connectivity index (χ4n) is 6.97. The molecule has 0 fully saturated rings. The first kappa shape index (κ1) is 30.5. The van der Waals surface area contributed by atoms with Crippen molar-refractivity contribution in [3.8, 4) is 17.2 Å². The minimum atomic E-state index is -2.12. The number of nitrogens with one attached hydrogen (secondary N) is 1. The third-order valence-corrected chi connectivity index (χ3v) is 9.07. The highest BCUT2D eigenvalue weighted by Crippen LogP contribution is 2.58. The SMILES string of the molecule is CC=CC=Cc1cc2c(C=CCCCC)c3c(c(O)c2c(=O)[nH]1)[C@@]1(CC3)C(=O)c2c(O)c3c(c(O)c2C1=O)C(=O)C(OC)=CC3=O. The molecule has 3 aromatic rings. The van der Waals surface area contributed by atoms with Crippen molar-refractivity contribution in [1.29, 1.82) is 0 Å². The predicted octanol–water partition coefficient (Wildman–Crippen LogP) is 5.61. The Morgan fingerprint density at radius 2 is 1.63 bits per heavy atom. The first-order chi connectivity index (χ1) is 22.0. The highest BCUT2D eigenvalue weighted by atomic mass is 16.5. The topological polar surface area (TPSA) is 171 Å². The van der Waals surface area contributed by atoms with Gasteiger partial charge >= 0.3 is 0 Å². The van der Waals surface area contributed by atoms with Crippen LogP contribution in [0.3, 0.4) is 0 Å². The van der Waals surface area contributed by atoms with Gasteiger partial charge in [-0.05, 0) is 49.5 Å². The van der Waals surface area contributed by atoms with Crippen LogP contribution >= 0.6 is 0 Å². The number of Topliss-reactive ketones (excluding diaryl/α,β-unsaturated/α-hetero) is 3. The van der Waals surface area contributed by atoms with E-state index >= 15 is 0 Å². The average molecular weight is 622 g/mol. The Morgan fingerprint density at radius 1 is 0.935 bits per heavy atom. The maximum Gasteiger partial charge on any atom is 0.260 e. The van der Waals surface area contributed by atoms with Crippen LogP contribution in [0.25, 0.3) is 22.9 Å². The van der Waals surface area contributed by atoms with Crippen molar-refractivity contribution in [3.63, 3.8) is 0 Å². The molecule has 1 spiro atoms. The lowest BCUT2D eigenvalue weighted by atomic mass is 9.75. The maximum absolute atomic E-state index is 14.4. The largest absolute Gasteiger partial charge is 0.507 e. The van der Waals surface area contributed by atoms with Crippen LogP contribution in [0, 0.1) is 0 Å². The number of aromatic nitrogens is 1. The summed E-state index contributed by atoms with van der Waals surface area (Å²) >= 11 is 0. The monoisotopic (exact) mass is 621 g/mol. The molecule has 234 valence electrons. The summed E-state index contributed by atoms with van der Waals surface area (Å²) in [6.45, 7) is 3.91. The number of fused-ring (bicyclic) bond motifs is 5. The molecular weight excluding hydrogens is 590 g/mol. The minimum absolute atomic E-state index is 0.0887. The standard InChI is InChI=1S/C36H31NO9/c1-4-6-8-10-12-18-19-13-14-36(28(19)32(42)23-20(18)15-17(37-35(23)45)11-9-7-5-2)33(43)26-27(34(36)44)31(41)25-24(30(26)40)21(38)16-22(46-3)29(25)39/h5,7,9-12,15-16,40-42H,4,6,8,13-14H2,1-3H3,(H,37,45)/t36-/m0/s1. The molecule has 46 heavy (non-hydrogen) atoms. The Kier molecular flexibility index (Phi) is 7.39. The number of aromatic hydroxyl groups is 3. The van der Waals surface area contributed by atoms with E-state index in [-0.39, 0.29) is 23.8 Å². The zero-order valence-corrected chi connectivity index (χ0v) is 25.4. The number of ether oxygens (including phenoxy) is 1. The number of phenols is 3. The number of pyridine rings is 1. The molecular formula is C36H31NO9. The number of allylic oxidation sites excluding steroid dienone is 6. The molecule has 10 heteroatoms. The summed E-state index contributed by atoms with van der Waals surface area (Å²) in [5.41, 5.74) is -3.83. The molecule has 3 aliphatic rings. The van der Waals surface area contributed by atoms with Crippen LogP contribution in [-0.2, 0) is 16.6 Å². The zero-order chi connectivity index (χ0) is 33.1. The van der Waals surface area contributed by atoms with E-state index in [2.05, 4.69) is 11.9 Å². The number of rotatable bonds is 7. The quantitative estimate of drug-likeness (QED) is 0.113. The molecule has 4 N–H and O–H groups in total. The number of ketones is 4. The molecule has 0 aliphatic heterocycles. The average Bonchev–Trinajstić information content (AvgIpc) is 3.53. The molecule has 0 unspecified atom stereocenters. The fraction of sp³-hybridized carbons (Fsp3) is 0.250. The number of benzene rings is 2. The molecule has 1 aromatic heterocycles. The molecule has 0 amide bonds. The first-order valence-corrected chi connectivity index (χ1v) is 15.0. The first-order valence-electron chi connectivity index (χ1n) is 15.0. The van der Waals surface area contributed by atoms with Gasteiger partial charge in [-0.25, -0.2) is 0 Å². The van der Waals surface area contributed by atoms with E-state index in [0.29, 0.717) is 22.2 Å². The Labute approximate surface area is 263 Å². The number of H-pyrrole nitrogens is 1.